The van der Waals surface area contributed by atoms with Crippen LogP contribution in [0, 0.1) is 6.92 Å². The molecule has 140 valence electrons. The standard InChI is InChI=1S/C19H23NO6/c1-4-5-6-13-9-17(23)26-18-11(2)15(8-7-14(13)18)25-12(3)19(24)20-10-16(21)22/h7-9,12H,4-6,10H2,1-3H3,(H,20,24)(H,21,22). The van der Waals surface area contributed by atoms with Crippen molar-refractivity contribution in [2.45, 2.75) is 46.1 Å². The molecule has 1 heterocycles. The second kappa shape index (κ2) is 8.51. The zero-order chi connectivity index (χ0) is 19.3. The molecule has 26 heavy (non-hydrogen) atoms. The fourth-order valence-electron chi connectivity index (χ4n) is 2.66. The van der Waals surface area contributed by atoms with Crippen LogP contribution in [0.1, 0.15) is 37.8 Å². The molecule has 1 aromatic heterocycles. The molecular weight excluding hydrogens is 338 g/mol. The molecule has 0 fully saturated rings. The molecule has 0 aliphatic heterocycles. The molecule has 0 bridgehead atoms. The lowest BCUT2D eigenvalue weighted by Gasteiger charge is -2.17. The molecule has 7 heteroatoms. The van der Waals surface area contributed by atoms with E-state index in [1.54, 1.807) is 13.0 Å². The first-order chi connectivity index (χ1) is 12.3. The Balaban J connectivity index is 2.29. The van der Waals surface area contributed by atoms with Crippen LogP contribution in [0.4, 0.5) is 0 Å². The summed E-state index contributed by atoms with van der Waals surface area (Å²) >= 11 is 0. The van der Waals surface area contributed by atoms with Gasteiger partial charge in [0.05, 0.1) is 0 Å². The highest BCUT2D eigenvalue weighted by Crippen LogP contribution is 2.29. The van der Waals surface area contributed by atoms with Gasteiger partial charge in [-0.15, -0.1) is 0 Å². The number of rotatable bonds is 8. The van der Waals surface area contributed by atoms with Crippen LogP contribution in [0.5, 0.6) is 5.75 Å². The highest BCUT2D eigenvalue weighted by Gasteiger charge is 2.18. The van der Waals surface area contributed by atoms with E-state index in [2.05, 4.69) is 12.2 Å². The molecule has 1 amide bonds. The minimum absolute atomic E-state index is 0.409. The van der Waals surface area contributed by atoms with E-state index < -0.39 is 30.2 Å². The minimum Gasteiger partial charge on any atom is -0.480 e. The summed E-state index contributed by atoms with van der Waals surface area (Å²) in [6.07, 6.45) is 1.88. The number of carboxylic acid groups (broad SMARTS) is 1. The number of hydrogen-bond acceptors (Lipinski definition) is 5. The molecule has 1 unspecified atom stereocenters. The number of fused-ring (bicyclic) bond motifs is 1. The van der Waals surface area contributed by atoms with Crippen molar-refractivity contribution in [3.05, 3.63) is 39.7 Å². The Labute approximate surface area is 151 Å². The number of carbonyl (C=O) groups is 2. The zero-order valence-corrected chi connectivity index (χ0v) is 15.1. The lowest BCUT2D eigenvalue weighted by molar-refractivity contribution is -0.139. The van der Waals surface area contributed by atoms with Crippen molar-refractivity contribution in [3.63, 3.8) is 0 Å². The summed E-state index contributed by atoms with van der Waals surface area (Å²) in [5.41, 5.74) is 1.58. The van der Waals surface area contributed by atoms with Crippen LogP contribution in [0.25, 0.3) is 11.0 Å². The minimum atomic E-state index is -1.13. The van der Waals surface area contributed by atoms with Crippen LogP contribution in [-0.2, 0) is 16.0 Å². The van der Waals surface area contributed by atoms with Gasteiger partial charge in [0, 0.05) is 17.0 Å². The lowest BCUT2D eigenvalue weighted by atomic mass is 10.0. The lowest BCUT2D eigenvalue weighted by Crippen LogP contribution is -2.39. The maximum atomic E-state index is 11.9. The summed E-state index contributed by atoms with van der Waals surface area (Å²) in [5.74, 6) is -1.26. The first kappa shape index (κ1) is 19.5. The van der Waals surface area contributed by atoms with Gasteiger partial charge < -0.3 is 19.6 Å². The molecule has 0 saturated heterocycles. The van der Waals surface area contributed by atoms with Crippen LogP contribution in [0.2, 0.25) is 0 Å². The van der Waals surface area contributed by atoms with Gasteiger partial charge in [0.2, 0.25) is 0 Å². The van der Waals surface area contributed by atoms with Gasteiger partial charge in [-0.1, -0.05) is 13.3 Å². The molecule has 0 spiro atoms. The van der Waals surface area contributed by atoms with E-state index in [4.69, 9.17) is 14.3 Å². The van der Waals surface area contributed by atoms with Crippen LogP contribution >= 0.6 is 0 Å². The fraction of sp³-hybridized carbons (Fsp3) is 0.421. The van der Waals surface area contributed by atoms with Crippen molar-refractivity contribution in [2.24, 2.45) is 0 Å². The molecule has 0 radical (unpaired) electrons. The number of carboxylic acids is 1. The molecule has 2 rings (SSSR count). The topological polar surface area (TPSA) is 106 Å². The Kier molecular flexibility index (Phi) is 6.38. The van der Waals surface area contributed by atoms with Gasteiger partial charge in [-0.05, 0) is 44.4 Å². The average Bonchev–Trinajstić information content (AvgIpc) is 2.60. The fourth-order valence-corrected chi connectivity index (χ4v) is 2.66. The van der Waals surface area contributed by atoms with Crippen molar-refractivity contribution >= 4 is 22.8 Å². The first-order valence-electron chi connectivity index (χ1n) is 8.56. The Morgan fingerprint density at radius 2 is 2.08 bits per heavy atom. The van der Waals surface area contributed by atoms with Crippen molar-refractivity contribution in [1.82, 2.24) is 5.32 Å². The number of unbranched alkanes of at least 4 members (excludes halogenated alkanes) is 1. The van der Waals surface area contributed by atoms with Crippen LogP contribution in [0.15, 0.2) is 27.4 Å². The van der Waals surface area contributed by atoms with Crippen LogP contribution < -0.4 is 15.7 Å². The molecular formula is C19H23NO6. The van der Waals surface area contributed by atoms with Gasteiger partial charge >= 0.3 is 11.6 Å². The second-order valence-corrected chi connectivity index (χ2v) is 6.13. The summed E-state index contributed by atoms with van der Waals surface area (Å²) in [7, 11) is 0. The van der Waals surface area contributed by atoms with E-state index >= 15 is 0 Å². The predicted octanol–water partition coefficient (Wildman–Crippen LogP) is 2.41. The van der Waals surface area contributed by atoms with Crippen molar-refractivity contribution in [1.29, 1.82) is 0 Å². The molecule has 0 aliphatic rings. The maximum absolute atomic E-state index is 11.9. The highest BCUT2D eigenvalue weighted by molar-refractivity contribution is 5.86. The van der Waals surface area contributed by atoms with Gasteiger partial charge in [-0.25, -0.2) is 4.79 Å². The Morgan fingerprint density at radius 3 is 2.73 bits per heavy atom. The molecule has 2 N–H and O–H groups in total. The van der Waals surface area contributed by atoms with Crippen molar-refractivity contribution < 1.29 is 23.8 Å². The number of benzene rings is 1. The monoisotopic (exact) mass is 361 g/mol. The molecule has 1 atom stereocenters. The van der Waals surface area contributed by atoms with E-state index in [0.29, 0.717) is 16.9 Å². The first-order valence-corrected chi connectivity index (χ1v) is 8.56. The molecule has 0 aliphatic carbocycles. The van der Waals surface area contributed by atoms with E-state index in [0.717, 1.165) is 30.2 Å². The normalized spacial score (nSPS) is 12.0. The third-order valence-electron chi connectivity index (χ3n) is 4.08. The quantitative estimate of drug-likeness (QED) is 0.700. The second-order valence-electron chi connectivity index (χ2n) is 6.13. The summed E-state index contributed by atoms with van der Waals surface area (Å²) in [4.78, 5) is 34.3. The van der Waals surface area contributed by atoms with Crippen LogP contribution in [-0.4, -0.2) is 29.6 Å². The van der Waals surface area contributed by atoms with Crippen LogP contribution in [0.3, 0.4) is 0 Å². The average molecular weight is 361 g/mol. The van der Waals surface area contributed by atoms with Crippen molar-refractivity contribution in [2.75, 3.05) is 6.54 Å². The van der Waals surface area contributed by atoms with E-state index in [1.807, 2.05) is 6.07 Å². The molecule has 7 nitrogen and oxygen atoms in total. The van der Waals surface area contributed by atoms with Crippen molar-refractivity contribution in [3.8, 4) is 5.75 Å². The third-order valence-corrected chi connectivity index (χ3v) is 4.08. The number of carbonyl (C=O) groups excluding carboxylic acids is 1. The Hall–Kier alpha value is -2.83. The smallest absolute Gasteiger partial charge is 0.336 e. The van der Waals surface area contributed by atoms with Gasteiger partial charge in [-0.2, -0.15) is 0 Å². The molecule has 0 saturated carbocycles. The number of aryl methyl sites for hydroxylation is 2. The highest BCUT2D eigenvalue weighted by atomic mass is 16.5. The number of ether oxygens (including phenoxy) is 1. The van der Waals surface area contributed by atoms with E-state index in [-0.39, 0.29) is 0 Å². The third kappa shape index (κ3) is 4.62. The maximum Gasteiger partial charge on any atom is 0.336 e. The SMILES string of the molecule is CCCCc1cc(=O)oc2c(C)c(OC(C)C(=O)NCC(=O)O)ccc12. The summed E-state index contributed by atoms with van der Waals surface area (Å²) in [5, 5.41) is 11.7. The number of aliphatic carboxylic acids is 1. The predicted molar refractivity (Wildman–Crippen MR) is 96.6 cm³/mol. The largest absolute Gasteiger partial charge is 0.480 e. The summed E-state index contributed by atoms with van der Waals surface area (Å²) in [6.45, 7) is 4.89. The summed E-state index contributed by atoms with van der Waals surface area (Å²) < 4.78 is 11.0. The zero-order valence-electron chi connectivity index (χ0n) is 15.1. The Bertz CT molecular complexity index is 870. The molecule has 1 aromatic carbocycles. The molecule has 2 aromatic rings. The van der Waals surface area contributed by atoms with Gasteiger partial charge in [-0.3, -0.25) is 9.59 Å². The van der Waals surface area contributed by atoms with Gasteiger partial charge in [0.15, 0.2) is 6.10 Å². The van der Waals surface area contributed by atoms with Gasteiger partial charge in [0.1, 0.15) is 17.9 Å². The Morgan fingerprint density at radius 1 is 1.35 bits per heavy atom. The van der Waals surface area contributed by atoms with Gasteiger partial charge in [0.25, 0.3) is 5.91 Å². The summed E-state index contributed by atoms with van der Waals surface area (Å²) in [6, 6.07) is 5.06. The van der Waals surface area contributed by atoms with E-state index in [1.165, 1.54) is 13.0 Å². The number of nitrogens with one attached hydrogen (secondary N) is 1. The van der Waals surface area contributed by atoms with E-state index in [9.17, 15) is 14.4 Å². The number of amides is 1. The number of hydrogen-bond donors (Lipinski definition) is 2.